The minimum absolute atomic E-state index is 0.0792. The molecule has 0 saturated carbocycles. The van der Waals surface area contributed by atoms with Crippen LogP contribution in [-0.2, 0) is 6.42 Å². The molecule has 4 heteroatoms. The predicted octanol–water partition coefficient (Wildman–Crippen LogP) is 1.53. The third kappa shape index (κ3) is 3.33. The first-order valence-electron chi connectivity index (χ1n) is 6.72. The molecule has 0 aromatic heterocycles. The van der Waals surface area contributed by atoms with Crippen LogP contribution in [-0.4, -0.2) is 48.4 Å². The summed E-state index contributed by atoms with van der Waals surface area (Å²) in [6.07, 6.45) is 0.352. The van der Waals surface area contributed by atoms with Gasteiger partial charge in [-0.15, -0.1) is 0 Å². The Hall–Kier alpha value is -1.86. The van der Waals surface area contributed by atoms with Crippen LogP contribution in [0.4, 0.5) is 0 Å². The number of nitrogens with zero attached hydrogens (tertiary/aromatic N) is 3. The average Bonchev–Trinajstić information content (AvgIpc) is 2.47. The van der Waals surface area contributed by atoms with Crippen molar-refractivity contribution in [1.82, 2.24) is 9.80 Å². The van der Waals surface area contributed by atoms with Gasteiger partial charge in [0.15, 0.2) is 0 Å². The summed E-state index contributed by atoms with van der Waals surface area (Å²) in [5.74, 6) is 0.0792. The van der Waals surface area contributed by atoms with Gasteiger partial charge in [0.1, 0.15) is 0 Å². The van der Waals surface area contributed by atoms with Crippen LogP contribution in [0.15, 0.2) is 24.3 Å². The molecule has 1 fully saturated rings. The van der Waals surface area contributed by atoms with Crippen LogP contribution in [0.3, 0.4) is 0 Å². The van der Waals surface area contributed by atoms with Gasteiger partial charge in [0.05, 0.1) is 12.5 Å². The van der Waals surface area contributed by atoms with Crippen molar-refractivity contribution in [3.63, 3.8) is 0 Å². The summed E-state index contributed by atoms with van der Waals surface area (Å²) >= 11 is 0. The van der Waals surface area contributed by atoms with Gasteiger partial charge in [0.2, 0.25) is 0 Å². The van der Waals surface area contributed by atoms with Gasteiger partial charge >= 0.3 is 0 Å². The number of carbonyl (C=O) groups is 1. The molecule has 0 spiro atoms. The molecular formula is C15H19N3O. The second kappa shape index (κ2) is 6.35. The maximum Gasteiger partial charge on any atom is 0.253 e. The van der Waals surface area contributed by atoms with Crippen molar-refractivity contribution in [3.05, 3.63) is 35.4 Å². The van der Waals surface area contributed by atoms with Crippen LogP contribution in [0.1, 0.15) is 22.8 Å². The normalized spacial score (nSPS) is 16.1. The molecule has 0 aliphatic carbocycles. The lowest BCUT2D eigenvalue weighted by atomic mass is 10.1. The van der Waals surface area contributed by atoms with Gasteiger partial charge < -0.3 is 9.80 Å². The van der Waals surface area contributed by atoms with E-state index in [9.17, 15) is 4.79 Å². The zero-order valence-electron chi connectivity index (χ0n) is 11.3. The van der Waals surface area contributed by atoms with E-state index in [1.807, 2.05) is 29.2 Å². The quantitative estimate of drug-likeness (QED) is 0.825. The zero-order valence-corrected chi connectivity index (χ0v) is 11.3. The topological polar surface area (TPSA) is 47.3 Å². The molecular weight excluding hydrogens is 238 g/mol. The van der Waals surface area contributed by atoms with Crippen molar-refractivity contribution in [1.29, 1.82) is 5.26 Å². The Morgan fingerprint density at radius 2 is 2.05 bits per heavy atom. The fraction of sp³-hybridized carbons (Fsp3) is 0.467. The van der Waals surface area contributed by atoms with E-state index in [-0.39, 0.29) is 5.91 Å². The van der Waals surface area contributed by atoms with E-state index in [4.69, 9.17) is 5.26 Å². The Labute approximate surface area is 114 Å². The summed E-state index contributed by atoms with van der Waals surface area (Å²) in [5.41, 5.74) is 1.60. The maximum absolute atomic E-state index is 12.4. The van der Waals surface area contributed by atoms with Crippen molar-refractivity contribution in [2.75, 3.05) is 32.7 Å². The molecule has 0 bridgehead atoms. The van der Waals surface area contributed by atoms with Crippen LogP contribution in [0.5, 0.6) is 0 Å². The lowest BCUT2D eigenvalue weighted by molar-refractivity contribution is 0.0643. The van der Waals surface area contributed by atoms with Crippen molar-refractivity contribution >= 4 is 5.91 Å². The van der Waals surface area contributed by atoms with Gasteiger partial charge in [-0.3, -0.25) is 4.79 Å². The second-order valence-electron chi connectivity index (χ2n) is 4.76. The van der Waals surface area contributed by atoms with E-state index in [1.54, 1.807) is 0 Å². The molecule has 19 heavy (non-hydrogen) atoms. The molecule has 1 aliphatic rings. The first kappa shape index (κ1) is 13.6. The van der Waals surface area contributed by atoms with Crippen LogP contribution >= 0.6 is 0 Å². The molecule has 1 amide bonds. The largest absolute Gasteiger partial charge is 0.336 e. The predicted molar refractivity (Wildman–Crippen MR) is 73.8 cm³/mol. The Morgan fingerprint density at radius 3 is 2.68 bits per heavy atom. The smallest absolute Gasteiger partial charge is 0.253 e. The molecule has 1 aromatic carbocycles. The summed E-state index contributed by atoms with van der Waals surface area (Å²) in [6.45, 7) is 6.65. The third-order valence-corrected chi connectivity index (χ3v) is 3.56. The molecule has 1 heterocycles. The first-order chi connectivity index (χ1) is 9.24. The maximum atomic E-state index is 12.4. The summed E-state index contributed by atoms with van der Waals surface area (Å²) < 4.78 is 0. The average molecular weight is 257 g/mol. The molecule has 0 unspecified atom stereocenters. The van der Waals surface area contributed by atoms with Gasteiger partial charge in [-0.05, 0) is 24.2 Å². The lowest BCUT2D eigenvalue weighted by Crippen LogP contribution is -2.48. The fourth-order valence-corrected chi connectivity index (χ4v) is 2.36. The second-order valence-corrected chi connectivity index (χ2v) is 4.76. The number of hydrogen-bond acceptors (Lipinski definition) is 3. The minimum atomic E-state index is 0.0792. The van der Waals surface area contributed by atoms with Crippen LogP contribution in [0.25, 0.3) is 0 Å². The Bertz CT molecular complexity index is 484. The van der Waals surface area contributed by atoms with Crippen molar-refractivity contribution in [2.45, 2.75) is 13.3 Å². The van der Waals surface area contributed by atoms with E-state index in [2.05, 4.69) is 17.9 Å². The van der Waals surface area contributed by atoms with Crippen LogP contribution < -0.4 is 0 Å². The molecule has 1 aliphatic heterocycles. The molecule has 1 aromatic rings. The fourth-order valence-electron chi connectivity index (χ4n) is 2.36. The molecule has 0 radical (unpaired) electrons. The molecule has 4 nitrogen and oxygen atoms in total. The van der Waals surface area contributed by atoms with Crippen molar-refractivity contribution in [2.24, 2.45) is 0 Å². The van der Waals surface area contributed by atoms with Gasteiger partial charge in [0.25, 0.3) is 5.91 Å². The Balaban J connectivity index is 2.04. The monoisotopic (exact) mass is 257 g/mol. The minimum Gasteiger partial charge on any atom is -0.336 e. The number of carbonyl (C=O) groups excluding carboxylic acids is 1. The molecule has 100 valence electrons. The lowest BCUT2D eigenvalue weighted by Gasteiger charge is -2.34. The molecule has 0 atom stereocenters. The summed E-state index contributed by atoms with van der Waals surface area (Å²) in [7, 11) is 0. The Morgan fingerprint density at radius 1 is 1.32 bits per heavy atom. The highest BCUT2D eigenvalue weighted by atomic mass is 16.2. The number of hydrogen-bond donors (Lipinski definition) is 0. The van der Waals surface area contributed by atoms with E-state index in [0.29, 0.717) is 12.0 Å². The van der Waals surface area contributed by atoms with Crippen LogP contribution in [0, 0.1) is 11.3 Å². The number of likely N-dealkylation sites (N-methyl/N-ethyl adjacent to an activating group) is 1. The SMILES string of the molecule is CCN1CCN(C(=O)c2cccc(CC#N)c2)CC1. The highest BCUT2D eigenvalue weighted by molar-refractivity contribution is 5.94. The molecule has 2 rings (SSSR count). The summed E-state index contributed by atoms with van der Waals surface area (Å²) in [6, 6.07) is 9.50. The van der Waals surface area contributed by atoms with Crippen molar-refractivity contribution in [3.8, 4) is 6.07 Å². The highest BCUT2D eigenvalue weighted by Crippen LogP contribution is 2.11. The highest BCUT2D eigenvalue weighted by Gasteiger charge is 2.21. The molecule has 1 saturated heterocycles. The van der Waals surface area contributed by atoms with Gasteiger partial charge in [-0.2, -0.15) is 5.26 Å². The van der Waals surface area contributed by atoms with E-state index in [0.717, 1.165) is 38.3 Å². The summed E-state index contributed by atoms with van der Waals surface area (Å²) in [4.78, 5) is 16.6. The third-order valence-electron chi connectivity index (χ3n) is 3.56. The zero-order chi connectivity index (χ0) is 13.7. The van der Waals surface area contributed by atoms with E-state index >= 15 is 0 Å². The number of benzene rings is 1. The number of rotatable bonds is 3. The van der Waals surface area contributed by atoms with E-state index < -0.39 is 0 Å². The van der Waals surface area contributed by atoms with Gasteiger partial charge in [-0.25, -0.2) is 0 Å². The first-order valence-corrected chi connectivity index (χ1v) is 6.72. The number of piperazine rings is 1. The van der Waals surface area contributed by atoms with Gasteiger partial charge in [0, 0.05) is 31.7 Å². The Kier molecular flexibility index (Phi) is 4.53. The standard InChI is InChI=1S/C15H19N3O/c1-2-17-8-10-18(11-9-17)15(19)14-5-3-4-13(12-14)6-7-16/h3-5,12H,2,6,8-11H2,1H3. The molecule has 0 N–H and O–H groups in total. The number of amides is 1. The van der Waals surface area contributed by atoms with Crippen LogP contribution in [0.2, 0.25) is 0 Å². The summed E-state index contributed by atoms with van der Waals surface area (Å²) in [5, 5.41) is 8.70. The van der Waals surface area contributed by atoms with Crippen molar-refractivity contribution < 1.29 is 4.79 Å². The van der Waals surface area contributed by atoms with Gasteiger partial charge in [-0.1, -0.05) is 19.1 Å². The van der Waals surface area contributed by atoms with E-state index in [1.165, 1.54) is 0 Å². The number of nitriles is 1.